The van der Waals surface area contributed by atoms with E-state index >= 15 is 0 Å². The van der Waals surface area contributed by atoms with Crippen LogP contribution in [0.25, 0.3) is 6.08 Å². The average molecular weight is 303 g/mol. The van der Waals surface area contributed by atoms with Gasteiger partial charge < -0.3 is 14.8 Å². The van der Waals surface area contributed by atoms with Gasteiger partial charge in [-0.3, -0.25) is 9.59 Å². The Hall–Kier alpha value is -2.30. The van der Waals surface area contributed by atoms with Crippen LogP contribution >= 0.6 is 0 Å². The van der Waals surface area contributed by atoms with Crippen LogP contribution in [-0.2, 0) is 0 Å². The summed E-state index contributed by atoms with van der Waals surface area (Å²) >= 11 is 0. The number of carbonyl (C=O) groups excluding carboxylic acids is 1. The van der Waals surface area contributed by atoms with E-state index in [0.29, 0.717) is 0 Å². The van der Waals surface area contributed by atoms with Crippen LogP contribution in [-0.4, -0.2) is 11.0 Å². The van der Waals surface area contributed by atoms with E-state index in [2.05, 4.69) is 12.2 Å². The van der Waals surface area contributed by atoms with E-state index in [-0.39, 0.29) is 23.1 Å². The molecule has 0 saturated heterocycles. The Kier molecular flexibility index (Phi) is 5.20. The van der Waals surface area contributed by atoms with Crippen molar-refractivity contribution in [2.75, 3.05) is 0 Å². The van der Waals surface area contributed by atoms with Crippen molar-refractivity contribution in [3.63, 3.8) is 0 Å². The molecule has 0 saturated carbocycles. The van der Waals surface area contributed by atoms with Gasteiger partial charge in [0.2, 0.25) is 11.2 Å². The van der Waals surface area contributed by atoms with E-state index in [1.807, 2.05) is 12.2 Å². The maximum atomic E-state index is 12.0. The Morgan fingerprint density at radius 2 is 2.05 bits per heavy atom. The summed E-state index contributed by atoms with van der Waals surface area (Å²) in [6, 6.07) is -0.368. The largest absolute Gasteiger partial charge is 0.502 e. The molecule has 1 atom stereocenters. The third kappa shape index (κ3) is 3.30. The Morgan fingerprint density at radius 1 is 1.27 bits per heavy atom. The van der Waals surface area contributed by atoms with Gasteiger partial charge in [0.1, 0.15) is 11.3 Å². The molecule has 0 radical (unpaired) electrons. The zero-order valence-corrected chi connectivity index (χ0v) is 12.9. The molecule has 1 aromatic heterocycles. The summed E-state index contributed by atoms with van der Waals surface area (Å²) in [7, 11) is 0. The third-order valence-corrected chi connectivity index (χ3v) is 3.58. The topological polar surface area (TPSA) is 79.5 Å². The molecule has 1 aliphatic rings. The van der Waals surface area contributed by atoms with Crippen molar-refractivity contribution < 1.29 is 14.3 Å². The molecular formula is C17H21NO4. The maximum absolute atomic E-state index is 12.0. The normalized spacial score (nSPS) is 17.4. The zero-order valence-electron chi connectivity index (χ0n) is 12.9. The second kappa shape index (κ2) is 7.11. The smallest absolute Gasteiger partial charge is 0.259 e. The number of carbonyl (C=O) groups is 1. The number of nitrogens with one attached hydrogen (secondary N) is 1. The lowest BCUT2D eigenvalue weighted by Crippen LogP contribution is -2.20. The van der Waals surface area contributed by atoms with Crippen LogP contribution in [0.15, 0.2) is 27.4 Å². The van der Waals surface area contributed by atoms with Crippen molar-refractivity contribution in [1.29, 1.82) is 0 Å². The third-order valence-electron chi connectivity index (χ3n) is 3.58. The Morgan fingerprint density at radius 3 is 2.77 bits per heavy atom. The minimum atomic E-state index is -0.685. The number of allylic oxidation sites excluding steroid dienone is 3. The lowest BCUT2D eigenvalue weighted by atomic mass is 10.1. The second-order valence-electron chi connectivity index (χ2n) is 5.36. The van der Waals surface area contributed by atoms with E-state index in [0.717, 1.165) is 12.8 Å². The summed E-state index contributed by atoms with van der Waals surface area (Å²) in [6.07, 6.45) is 11.7. The number of hydrogen-bond acceptors (Lipinski definition) is 4. The van der Waals surface area contributed by atoms with E-state index < -0.39 is 17.1 Å². The molecule has 2 N–H and O–H groups in total. The average Bonchev–Trinajstić information content (AvgIpc) is 2.77. The van der Waals surface area contributed by atoms with Crippen LogP contribution < -0.4 is 10.7 Å². The lowest BCUT2D eigenvalue weighted by Gasteiger charge is -2.04. The molecular weight excluding hydrogens is 282 g/mol. The van der Waals surface area contributed by atoms with Crippen molar-refractivity contribution in [3.05, 3.63) is 45.5 Å². The summed E-state index contributed by atoms with van der Waals surface area (Å²) < 4.78 is 5.51. The molecule has 1 amide bonds. The van der Waals surface area contributed by atoms with Crippen LogP contribution in [0.4, 0.5) is 0 Å². The first-order chi connectivity index (χ1) is 10.6. The van der Waals surface area contributed by atoms with Gasteiger partial charge in [-0.15, -0.1) is 0 Å². The second-order valence-corrected chi connectivity index (χ2v) is 5.36. The van der Waals surface area contributed by atoms with Gasteiger partial charge in [-0.25, -0.2) is 0 Å². The highest BCUT2D eigenvalue weighted by atomic mass is 16.4. The van der Waals surface area contributed by atoms with E-state index in [4.69, 9.17) is 4.42 Å². The van der Waals surface area contributed by atoms with Gasteiger partial charge in [0, 0.05) is 0 Å². The minimum absolute atomic E-state index is 0.0744. The molecule has 5 nitrogen and oxygen atoms in total. The van der Waals surface area contributed by atoms with Crippen LogP contribution in [0.2, 0.25) is 0 Å². The maximum Gasteiger partial charge on any atom is 0.259 e. The monoisotopic (exact) mass is 303 g/mol. The van der Waals surface area contributed by atoms with Crippen LogP contribution in [0, 0.1) is 0 Å². The van der Waals surface area contributed by atoms with Crippen LogP contribution in [0.1, 0.15) is 67.5 Å². The molecule has 2 heterocycles. The summed E-state index contributed by atoms with van der Waals surface area (Å²) in [4.78, 5) is 23.7. The molecule has 2 rings (SSSR count). The highest BCUT2D eigenvalue weighted by Gasteiger charge is 2.33. The highest BCUT2D eigenvalue weighted by molar-refractivity contribution is 5.98. The Balaban J connectivity index is 2.16. The Bertz CT molecular complexity index is 670. The van der Waals surface area contributed by atoms with Crippen molar-refractivity contribution in [3.8, 4) is 5.75 Å². The molecule has 0 aromatic carbocycles. The van der Waals surface area contributed by atoms with Gasteiger partial charge >= 0.3 is 0 Å². The molecule has 118 valence electrons. The van der Waals surface area contributed by atoms with Gasteiger partial charge in [-0.05, 0) is 25.8 Å². The predicted octanol–water partition coefficient (Wildman–Crippen LogP) is 3.30. The first-order valence-corrected chi connectivity index (χ1v) is 7.60. The van der Waals surface area contributed by atoms with Gasteiger partial charge in [-0.2, -0.15) is 0 Å². The molecule has 22 heavy (non-hydrogen) atoms. The zero-order chi connectivity index (χ0) is 16.1. The van der Waals surface area contributed by atoms with Gasteiger partial charge in [0.15, 0.2) is 5.76 Å². The minimum Gasteiger partial charge on any atom is -0.502 e. The van der Waals surface area contributed by atoms with Gasteiger partial charge in [0.25, 0.3) is 5.91 Å². The molecule has 1 unspecified atom stereocenters. The van der Waals surface area contributed by atoms with Crippen molar-refractivity contribution >= 4 is 12.0 Å². The van der Waals surface area contributed by atoms with Crippen LogP contribution in [0.5, 0.6) is 5.75 Å². The fourth-order valence-electron chi connectivity index (χ4n) is 2.36. The number of unbranched alkanes of at least 4 members (excludes halogenated alkanes) is 3. The van der Waals surface area contributed by atoms with E-state index in [1.54, 1.807) is 13.0 Å². The molecule has 0 bridgehead atoms. The summed E-state index contributed by atoms with van der Waals surface area (Å²) in [5.41, 5.74) is -0.785. The molecule has 1 aromatic rings. The van der Waals surface area contributed by atoms with Crippen LogP contribution in [0.3, 0.4) is 0 Å². The van der Waals surface area contributed by atoms with E-state index in [9.17, 15) is 14.7 Å². The van der Waals surface area contributed by atoms with Gasteiger partial charge in [-0.1, -0.05) is 38.0 Å². The quantitative estimate of drug-likeness (QED) is 0.624. The predicted molar refractivity (Wildman–Crippen MR) is 84.8 cm³/mol. The fraction of sp³-hybridized carbons (Fsp3) is 0.412. The number of aromatic hydroxyl groups is 1. The summed E-state index contributed by atoms with van der Waals surface area (Å²) in [5.74, 6) is -0.679. The van der Waals surface area contributed by atoms with Crippen molar-refractivity contribution in [1.82, 2.24) is 5.32 Å². The van der Waals surface area contributed by atoms with Crippen molar-refractivity contribution in [2.24, 2.45) is 0 Å². The number of rotatable bonds is 6. The number of hydrogen-bond donors (Lipinski definition) is 2. The summed E-state index contributed by atoms with van der Waals surface area (Å²) in [5, 5.41) is 12.5. The molecule has 0 aliphatic carbocycles. The first-order valence-electron chi connectivity index (χ1n) is 7.60. The Labute approximate surface area is 129 Å². The van der Waals surface area contributed by atoms with E-state index in [1.165, 1.54) is 18.9 Å². The fourth-order valence-corrected chi connectivity index (χ4v) is 2.36. The number of fused-ring (bicyclic) bond motifs is 1. The number of amides is 1. The van der Waals surface area contributed by atoms with Gasteiger partial charge in [0.05, 0.1) is 6.04 Å². The standard InChI is InChI=1S/C17H21NO4/c1-3-4-5-6-7-8-9-10-12-14(19)15(20)13-16(22-12)11(2)18-17(13)21/h7-11,19H,3-6H2,1-2H3,(H,18,21). The SMILES string of the molecule is CCCCCC=CC=Cc1oc2c(c(=O)c1O)C(=O)NC2C. The highest BCUT2D eigenvalue weighted by Crippen LogP contribution is 2.27. The summed E-state index contributed by atoms with van der Waals surface area (Å²) in [6.45, 7) is 3.88. The first kappa shape index (κ1) is 16.1. The molecule has 5 heteroatoms. The van der Waals surface area contributed by atoms with Crippen molar-refractivity contribution in [2.45, 2.75) is 45.6 Å². The molecule has 0 spiro atoms. The molecule has 0 fully saturated rings. The lowest BCUT2D eigenvalue weighted by molar-refractivity contribution is 0.0957. The molecule has 1 aliphatic heterocycles.